The Bertz CT molecular complexity index is 571. The summed E-state index contributed by atoms with van der Waals surface area (Å²) in [4.78, 5) is 22.9. The molecule has 1 aliphatic heterocycles. The summed E-state index contributed by atoms with van der Waals surface area (Å²) in [6, 6.07) is 0. The minimum atomic E-state index is -1.31. The van der Waals surface area contributed by atoms with Gasteiger partial charge in [-0.2, -0.15) is 0 Å². The zero-order chi connectivity index (χ0) is 21.6. The molecule has 0 aromatic rings. The van der Waals surface area contributed by atoms with Crippen LogP contribution in [0.3, 0.4) is 0 Å². The predicted octanol–water partition coefficient (Wildman–Crippen LogP) is 1.86. The molecule has 2 fully saturated rings. The quantitative estimate of drug-likeness (QED) is 0.352. The molecule has 1 heterocycles. The van der Waals surface area contributed by atoms with Crippen LogP contribution in [0.25, 0.3) is 0 Å². The van der Waals surface area contributed by atoms with E-state index in [1.165, 1.54) is 13.8 Å². The van der Waals surface area contributed by atoms with Crippen molar-refractivity contribution in [3.8, 4) is 0 Å². The van der Waals surface area contributed by atoms with Gasteiger partial charge in [-0.25, -0.2) is 0 Å². The Labute approximate surface area is 172 Å². The molecule has 8 nitrogen and oxygen atoms in total. The van der Waals surface area contributed by atoms with Crippen molar-refractivity contribution >= 4 is 11.9 Å². The molecule has 2 rings (SSSR count). The molecule has 0 aromatic carbocycles. The van der Waals surface area contributed by atoms with E-state index >= 15 is 0 Å². The molecule has 0 bridgehead atoms. The standard InChI is InChI=1S/C21H34O8/c1-5-9-17-20(27-15(4)23)19(29-21(25)10-7-6-8-11-21)13(2)18(28-17)16(24)12-26-14(3)22/h5,13,16-20,24-25H,1,6-12H2,2-4H3/t13-,16-,17?,18-,19-,20+/m1/s1. The van der Waals surface area contributed by atoms with E-state index < -0.39 is 54.2 Å². The Morgan fingerprint density at radius 2 is 1.86 bits per heavy atom. The minimum absolute atomic E-state index is 0.222. The Morgan fingerprint density at radius 1 is 1.21 bits per heavy atom. The van der Waals surface area contributed by atoms with E-state index in [-0.39, 0.29) is 6.61 Å². The highest BCUT2D eigenvalue weighted by molar-refractivity contribution is 5.66. The summed E-state index contributed by atoms with van der Waals surface area (Å²) >= 11 is 0. The molecule has 8 heteroatoms. The fourth-order valence-electron chi connectivity index (χ4n) is 4.18. The molecule has 1 aliphatic carbocycles. The van der Waals surface area contributed by atoms with Crippen LogP contribution in [-0.4, -0.2) is 65.1 Å². The summed E-state index contributed by atoms with van der Waals surface area (Å²) in [6.45, 7) is 7.88. The number of hydrogen-bond acceptors (Lipinski definition) is 8. The van der Waals surface area contributed by atoms with Gasteiger partial charge in [-0.15, -0.1) is 6.58 Å². The summed E-state index contributed by atoms with van der Waals surface area (Å²) in [5.41, 5.74) is 0. The topological polar surface area (TPSA) is 112 Å². The van der Waals surface area contributed by atoms with E-state index in [0.717, 1.165) is 19.3 Å². The third-order valence-electron chi connectivity index (χ3n) is 5.59. The van der Waals surface area contributed by atoms with Gasteiger partial charge in [0, 0.05) is 32.6 Å². The second kappa shape index (κ2) is 10.5. The molecule has 0 aromatic heterocycles. The number of hydrogen-bond donors (Lipinski definition) is 2. The zero-order valence-corrected chi connectivity index (χ0v) is 17.5. The number of carbonyl (C=O) groups excluding carboxylic acids is 2. The van der Waals surface area contributed by atoms with Crippen molar-refractivity contribution in [3.63, 3.8) is 0 Å². The first-order valence-corrected chi connectivity index (χ1v) is 10.3. The summed E-state index contributed by atoms with van der Waals surface area (Å²) in [5, 5.41) is 21.5. The largest absolute Gasteiger partial charge is 0.463 e. The lowest BCUT2D eigenvalue weighted by atomic mass is 9.83. The van der Waals surface area contributed by atoms with Gasteiger partial charge >= 0.3 is 11.9 Å². The summed E-state index contributed by atoms with van der Waals surface area (Å²) in [7, 11) is 0. The molecule has 1 saturated carbocycles. The van der Waals surface area contributed by atoms with Gasteiger partial charge in [0.25, 0.3) is 0 Å². The van der Waals surface area contributed by atoms with Crippen molar-refractivity contribution in [1.29, 1.82) is 0 Å². The van der Waals surface area contributed by atoms with E-state index in [9.17, 15) is 19.8 Å². The number of ether oxygens (including phenoxy) is 4. The van der Waals surface area contributed by atoms with Crippen LogP contribution in [0.5, 0.6) is 0 Å². The van der Waals surface area contributed by atoms with Crippen molar-refractivity contribution in [2.75, 3.05) is 6.61 Å². The molecule has 6 atom stereocenters. The van der Waals surface area contributed by atoms with Gasteiger partial charge < -0.3 is 29.2 Å². The second-order valence-electron chi connectivity index (χ2n) is 8.06. The van der Waals surface area contributed by atoms with Crippen LogP contribution in [0.2, 0.25) is 0 Å². The van der Waals surface area contributed by atoms with E-state index in [2.05, 4.69) is 6.58 Å². The van der Waals surface area contributed by atoms with Crippen molar-refractivity contribution in [3.05, 3.63) is 12.7 Å². The SMILES string of the molecule is C=CCC1O[C@@H]([C@H](O)COC(C)=O)[C@@H](C)[C@@H](OC2(O)CCCCC2)[C@H]1OC(C)=O. The smallest absolute Gasteiger partial charge is 0.303 e. The maximum atomic E-state index is 11.8. The fourth-order valence-corrected chi connectivity index (χ4v) is 4.18. The van der Waals surface area contributed by atoms with Crippen LogP contribution >= 0.6 is 0 Å². The highest BCUT2D eigenvalue weighted by Gasteiger charge is 2.51. The van der Waals surface area contributed by atoms with Gasteiger partial charge in [0.1, 0.15) is 24.9 Å². The highest BCUT2D eigenvalue weighted by atomic mass is 16.7. The van der Waals surface area contributed by atoms with Crippen LogP contribution in [0, 0.1) is 5.92 Å². The molecule has 0 spiro atoms. The van der Waals surface area contributed by atoms with Crippen LogP contribution in [0.1, 0.15) is 59.3 Å². The third kappa shape index (κ3) is 6.50. The molecule has 2 aliphatic rings. The van der Waals surface area contributed by atoms with Crippen LogP contribution in [-0.2, 0) is 28.5 Å². The highest BCUT2D eigenvalue weighted by Crippen LogP contribution is 2.39. The molecule has 1 unspecified atom stereocenters. The Hall–Kier alpha value is -1.48. The first-order valence-electron chi connectivity index (χ1n) is 10.3. The molecule has 2 N–H and O–H groups in total. The summed E-state index contributed by atoms with van der Waals surface area (Å²) in [5.74, 6) is -2.73. The fraction of sp³-hybridized carbons (Fsp3) is 0.810. The number of esters is 2. The predicted molar refractivity (Wildman–Crippen MR) is 104 cm³/mol. The average Bonchev–Trinajstić information content (AvgIpc) is 2.65. The molecular formula is C21H34O8. The van der Waals surface area contributed by atoms with Crippen molar-refractivity contribution in [2.24, 2.45) is 5.92 Å². The Balaban J connectivity index is 2.28. The zero-order valence-electron chi connectivity index (χ0n) is 17.5. The van der Waals surface area contributed by atoms with E-state index in [0.29, 0.717) is 19.3 Å². The van der Waals surface area contributed by atoms with Crippen molar-refractivity contribution < 1.29 is 38.7 Å². The lowest BCUT2D eigenvalue weighted by Crippen LogP contribution is -2.61. The number of aliphatic hydroxyl groups is 2. The van der Waals surface area contributed by atoms with Crippen LogP contribution in [0.15, 0.2) is 12.7 Å². The molecular weight excluding hydrogens is 380 g/mol. The lowest BCUT2D eigenvalue weighted by Gasteiger charge is -2.48. The van der Waals surface area contributed by atoms with Crippen molar-refractivity contribution in [1.82, 2.24) is 0 Å². The normalized spacial score (nSPS) is 32.8. The molecule has 166 valence electrons. The van der Waals surface area contributed by atoms with E-state index in [1.807, 2.05) is 0 Å². The Morgan fingerprint density at radius 3 is 2.41 bits per heavy atom. The van der Waals surface area contributed by atoms with Crippen LogP contribution in [0.4, 0.5) is 0 Å². The summed E-state index contributed by atoms with van der Waals surface area (Å²) < 4.78 is 22.7. The van der Waals surface area contributed by atoms with E-state index in [4.69, 9.17) is 18.9 Å². The third-order valence-corrected chi connectivity index (χ3v) is 5.59. The monoisotopic (exact) mass is 414 g/mol. The van der Waals surface area contributed by atoms with E-state index in [1.54, 1.807) is 13.0 Å². The van der Waals surface area contributed by atoms with Gasteiger partial charge in [0.05, 0.1) is 6.10 Å². The second-order valence-corrected chi connectivity index (χ2v) is 8.06. The summed E-state index contributed by atoms with van der Waals surface area (Å²) in [6.07, 6.45) is 1.83. The van der Waals surface area contributed by atoms with Gasteiger partial charge in [-0.3, -0.25) is 9.59 Å². The number of rotatable bonds is 8. The van der Waals surface area contributed by atoms with Crippen LogP contribution < -0.4 is 0 Å². The van der Waals surface area contributed by atoms with Crippen molar-refractivity contribution in [2.45, 2.75) is 95.6 Å². The first kappa shape index (κ1) is 23.8. The molecule has 0 amide bonds. The number of carbonyl (C=O) groups is 2. The maximum Gasteiger partial charge on any atom is 0.303 e. The minimum Gasteiger partial charge on any atom is -0.463 e. The number of aliphatic hydroxyl groups excluding tert-OH is 1. The lowest BCUT2D eigenvalue weighted by molar-refractivity contribution is -0.311. The van der Waals surface area contributed by atoms with Gasteiger partial charge in [-0.1, -0.05) is 19.4 Å². The molecule has 1 saturated heterocycles. The first-order chi connectivity index (χ1) is 13.7. The van der Waals surface area contributed by atoms with Gasteiger partial charge in [0.2, 0.25) is 0 Å². The van der Waals surface area contributed by atoms with Gasteiger partial charge in [0.15, 0.2) is 11.9 Å². The molecule has 29 heavy (non-hydrogen) atoms. The average molecular weight is 414 g/mol. The van der Waals surface area contributed by atoms with Gasteiger partial charge in [-0.05, 0) is 19.3 Å². The molecule has 0 radical (unpaired) electrons. The Kier molecular flexibility index (Phi) is 8.63. The maximum absolute atomic E-state index is 11.8.